The van der Waals surface area contributed by atoms with E-state index in [2.05, 4.69) is 26.6 Å². The summed E-state index contributed by atoms with van der Waals surface area (Å²) in [5, 5.41) is 53.6. The van der Waals surface area contributed by atoms with E-state index in [1.165, 1.54) is 19.1 Å². The maximum Gasteiger partial charge on any atom is 0.408 e. The van der Waals surface area contributed by atoms with E-state index in [9.17, 15) is 44.1 Å². The summed E-state index contributed by atoms with van der Waals surface area (Å²) >= 11 is 0. The molecule has 316 valence electrons. The average Bonchev–Trinajstić information content (AvgIpc) is 3.12. The van der Waals surface area contributed by atoms with Gasteiger partial charge in [0.1, 0.15) is 30.5 Å². The number of hydrogen-bond donors (Lipinski definition) is 9. The van der Waals surface area contributed by atoms with Crippen molar-refractivity contribution in [3.05, 3.63) is 65.7 Å². The minimum Gasteiger partial charge on any atom is -0.508 e. The second-order valence-corrected chi connectivity index (χ2v) is 15.6. The Morgan fingerprint density at radius 1 is 0.632 bits per heavy atom. The van der Waals surface area contributed by atoms with Crippen LogP contribution in [0.5, 0.6) is 5.75 Å². The van der Waals surface area contributed by atoms with Crippen molar-refractivity contribution in [1.29, 1.82) is 0 Å². The number of carboxylic acids is 1. The molecule has 16 nitrogen and oxygen atoms in total. The van der Waals surface area contributed by atoms with E-state index in [-0.39, 0.29) is 37.0 Å². The first-order valence-corrected chi connectivity index (χ1v) is 19.3. The van der Waals surface area contributed by atoms with Gasteiger partial charge in [0.15, 0.2) is 0 Å². The summed E-state index contributed by atoms with van der Waals surface area (Å²) in [5.74, 6) is -4.36. The second-order valence-electron chi connectivity index (χ2n) is 15.6. The Kier molecular flexibility index (Phi) is 20.0. The Bertz CT molecular complexity index is 1600. The molecule has 0 aliphatic carbocycles. The number of aliphatic hydroxyl groups is 2. The van der Waals surface area contributed by atoms with Crippen molar-refractivity contribution in [1.82, 2.24) is 26.6 Å². The van der Waals surface area contributed by atoms with Gasteiger partial charge in [-0.05, 0) is 60.8 Å². The minimum atomic E-state index is -1.40. The van der Waals surface area contributed by atoms with Crippen molar-refractivity contribution in [2.75, 3.05) is 0 Å². The average molecular weight is 800 g/mol. The van der Waals surface area contributed by atoms with Crippen LogP contribution in [0.4, 0.5) is 4.79 Å². The molecule has 0 saturated carbocycles. The lowest BCUT2D eigenvalue weighted by molar-refractivity contribution is -0.140. The molecule has 0 unspecified atom stereocenters. The maximum atomic E-state index is 13.8. The molecule has 5 amide bonds. The van der Waals surface area contributed by atoms with Crippen molar-refractivity contribution in [3.63, 3.8) is 0 Å². The van der Waals surface area contributed by atoms with Crippen LogP contribution in [-0.4, -0.2) is 98.5 Å². The van der Waals surface area contributed by atoms with Crippen molar-refractivity contribution < 1.29 is 53.9 Å². The molecule has 9 N–H and O–H groups in total. The monoisotopic (exact) mass is 799 g/mol. The fourth-order valence-corrected chi connectivity index (χ4v) is 6.01. The van der Waals surface area contributed by atoms with Gasteiger partial charge in [-0.15, -0.1) is 0 Å². The predicted octanol–water partition coefficient (Wildman–Crippen LogP) is 2.52. The third-order valence-electron chi connectivity index (χ3n) is 9.03. The van der Waals surface area contributed by atoms with E-state index in [4.69, 9.17) is 9.84 Å². The highest BCUT2D eigenvalue weighted by molar-refractivity contribution is 5.92. The molecule has 0 saturated heterocycles. The molecule has 0 aliphatic rings. The zero-order chi connectivity index (χ0) is 42.8. The molecule has 7 atom stereocenters. The van der Waals surface area contributed by atoms with Crippen LogP contribution in [-0.2, 0) is 41.7 Å². The lowest BCUT2D eigenvalue weighted by Crippen LogP contribution is -2.58. The number of amides is 5. The van der Waals surface area contributed by atoms with Crippen LogP contribution in [0.15, 0.2) is 54.6 Å². The molecule has 0 heterocycles. The van der Waals surface area contributed by atoms with Gasteiger partial charge in [0.25, 0.3) is 0 Å². The topological polar surface area (TPSA) is 253 Å². The van der Waals surface area contributed by atoms with E-state index in [1.54, 1.807) is 50.2 Å². The van der Waals surface area contributed by atoms with Crippen molar-refractivity contribution >= 4 is 35.7 Å². The summed E-state index contributed by atoms with van der Waals surface area (Å²) in [4.78, 5) is 77.5. The Morgan fingerprint density at radius 2 is 1.18 bits per heavy atom. The number of phenols is 1. The highest BCUT2D eigenvalue weighted by atomic mass is 16.5. The number of benzene rings is 2. The van der Waals surface area contributed by atoms with Crippen LogP contribution in [0.25, 0.3) is 0 Å². The summed E-state index contributed by atoms with van der Waals surface area (Å²) in [5.41, 5.74) is 1.35. The molecule has 16 heteroatoms. The third-order valence-corrected chi connectivity index (χ3v) is 9.03. The number of carbonyl (C=O) groups excluding carboxylic acids is 5. The number of alkyl carbamates (subject to hydrolysis) is 1. The summed E-state index contributed by atoms with van der Waals surface area (Å²) in [7, 11) is 0. The van der Waals surface area contributed by atoms with Crippen LogP contribution < -0.4 is 26.6 Å². The summed E-state index contributed by atoms with van der Waals surface area (Å²) in [6.45, 7) is 12.2. The molecule has 57 heavy (non-hydrogen) atoms. The van der Waals surface area contributed by atoms with Gasteiger partial charge in [0.2, 0.25) is 23.6 Å². The molecule has 0 radical (unpaired) electrons. The number of ether oxygens (including phenoxy) is 1. The number of nitrogens with one attached hydrogen (secondary N) is 5. The molecule has 2 rings (SSSR count). The number of carbonyl (C=O) groups is 6. The number of phenolic OH excluding ortho intramolecular Hbond substituents is 1. The standard InChI is InChI=1S/C41H61N5O11/c1-23(2)17-30(33(48)20-35(50)42-26(7)38(53)43-31(18-24(3)4)34(49)21-36(51)52)44-40(55)37(25(5)6)46-39(54)32(19-27-13-15-29(47)16-14-27)45-41(56)57-22-28-11-9-8-10-12-28/h8-16,23-26,30-34,37,47-49H,17-22H2,1-7H3,(H,42,50)(H,43,53)(H,44,55)(H,45,56)(H,46,54)(H,51,52)/t26-,30-,31-,32-,33-,34-,37-/m0/s1. The fraction of sp³-hybridized carbons (Fsp3) is 0.561. The Hall–Kier alpha value is -5.22. The van der Waals surface area contributed by atoms with Gasteiger partial charge in [-0.3, -0.25) is 24.0 Å². The second kappa shape index (κ2) is 23.8. The van der Waals surface area contributed by atoms with E-state index in [0.29, 0.717) is 12.0 Å². The molecule has 2 aromatic carbocycles. The Morgan fingerprint density at radius 3 is 1.70 bits per heavy atom. The quantitative estimate of drug-likeness (QED) is 0.0790. The maximum absolute atomic E-state index is 13.8. The van der Waals surface area contributed by atoms with E-state index in [0.717, 1.165) is 5.56 Å². The molecule has 0 aromatic heterocycles. The van der Waals surface area contributed by atoms with Gasteiger partial charge in [-0.25, -0.2) is 4.79 Å². The molecule has 2 aromatic rings. The lowest BCUT2D eigenvalue weighted by Gasteiger charge is -2.30. The number of aliphatic carboxylic acids is 1. The van der Waals surface area contributed by atoms with Gasteiger partial charge in [-0.1, -0.05) is 84.0 Å². The number of carboxylic acid groups (broad SMARTS) is 1. The van der Waals surface area contributed by atoms with E-state index >= 15 is 0 Å². The molecule has 0 bridgehead atoms. The minimum absolute atomic E-state index is 0.000524. The number of hydrogen-bond acceptors (Lipinski definition) is 10. The SMILES string of the molecule is CC(C)C[C@H](NC(=O)[C@H](C)NC(=O)C[C@H](O)[C@H](CC(C)C)NC(=O)[C@@H](NC(=O)[C@H](Cc1ccc(O)cc1)NC(=O)OCc1ccccc1)C(C)C)[C@@H](O)CC(=O)O. The van der Waals surface area contributed by atoms with Gasteiger partial charge in [0, 0.05) is 6.42 Å². The Balaban J connectivity index is 2.14. The normalized spacial score (nSPS) is 15.0. The third kappa shape index (κ3) is 18.1. The highest BCUT2D eigenvalue weighted by Gasteiger charge is 2.33. The van der Waals surface area contributed by atoms with E-state index in [1.807, 2.05) is 33.8 Å². The van der Waals surface area contributed by atoms with Crippen LogP contribution >= 0.6 is 0 Å². The largest absolute Gasteiger partial charge is 0.508 e. The van der Waals surface area contributed by atoms with Crippen LogP contribution in [0.3, 0.4) is 0 Å². The van der Waals surface area contributed by atoms with Crippen LogP contribution in [0.2, 0.25) is 0 Å². The summed E-state index contributed by atoms with van der Waals surface area (Å²) in [6.07, 6.45) is -4.12. The Labute approximate surface area is 334 Å². The van der Waals surface area contributed by atoms with Crippen LogP contribution in [0, 0.1) is 17.8 Å². The molecular weight excluding hydrogens is 738 g/mol. The fourth-order valence-electron chi connectivity index (χ4n) is 6.01. The summed E-state index contributed by atoms with van der Waals surface area (Å²) < 4.78 is 5.34. The van der Waals surface area contributed by atoms with Crippen LogP contribution in [0.1, 0.15) is 85.3 Å². The van der Waals surface area contributed by atoms with Gasteiger partial charge < -0.3 is 51.7 Å². The highest BCUT2D eigenvalue weighted by Crippen LogP contribution is 2.16. The molecular formula is C41H61N5O11. The van der Waals surface area contributed by atoms with Gasteiger partial charge in [-0.2, -0.15) is 0 Å². The zero-order valence-corrected chi connectivity index (χ0v) is 33.9. The first-order valence-electron chi connectivity index (χ1n) is 19.3. The zero-order valence-electron chi connectivity index (χ0n) is 33.9. The smallest absolute Gasteiger partial charge is 0.408 e. The van der Waals surface area contributed by atoms with Gasteiger partial charge in [0.05, 0.1) is 37.1 Å². The van der Waals surface area contributed by atoms with Crippen molar-refractivity contribution in [2.45, 2.75) is 130 Å². The van der Waals surface area contributed by atoms with E-state index < -0.39 is 96.9 Å². The number of rotatable bonds is 23. The first kappa shape index (κ1) is 47.9. The number of aromatic hydroxyl groups is 1. The summed E-state index contributed by atoms with van der Waals surface area (Å²) in [6, 6.07) is 9.81. The lowest BCUT2D eigenvalue weighted by atomic mass is 9.95. The van der Waals surface area contributed by atoms with Crippen molar-refractivity contribution in [2.24, 2.45) is 17.8 Å². The number of aliphatic hydroxyl groups excluding tert-OH is 2. The molecule has 0 spiro atoms. The van der Waals surface area contributed by atoms with Crippen molar-refractivity contribution in [3.8, 4) is 5.75 Å². The molecule has 0 fully saturated rings. The van der Waals surface area contributed by atoms with Gasteiger partial charge >= 0.3 is 12.1 Å². The first-order chi connectivity index (χ1) is 26.7. The molecule has 0 aliphatic heterocycles. The predicted molar refractivity (Wildman–Crippen MR) is 211 cm³/mol.